The van der Waals surface area contributed by atoms with Crippen LogP contribution in [0.2, 0.25) is 5.02 Å². The zero-order valence-electron chi connectivity index (χ0n) is 16.9. The minimum absolute atomic E-state index is 0.0283. The quantitative estimate of drug-likeness (QED) is 0.590. The Balaban J connectivity index is 2.41. The van der Waals surface area contributed by atoms with Crippen LogP contribution in [0.15, 0.2) is 35.2 Å². The summed E-state index contributed by atoms with van der Waals surface area (Å²) in [7, 11) is -3.76. The molecule has 2 rings (SSSR count). The molecular weight excluding hydrogens is 416 g/mol. The highest BCUT2D eigenvalue weighted by Crippen LogP contribution is 2.27. The Morgan fingerprint density at radius 3 is 2.29 bits per heavy atom. The highest BCUT2D eigenvalue weighted by atomic mass is 35.5. The molecule has 1 aromatic heterocycles. The number of aryl methyl sites for hydroxylation is 1. The summed E-state index contributed by atoms with van der Waals surface area (Å²) in [6.45, 7) is 10.6. The molecule has 0 saturated carbocycles. The van der Waals surface area contributed by atoms with Crippen molar-refractivity contribution < 1.29 is 13.2 Å². The van der Waals surface area contributed by atoms with Crippen LogP contribution in [0.5, 0.6) is 0 Å². The maximum absolute atomic E-state index is 13.2. The number of carbonyl (C=O) groups is 1. The number of hydrogen-bond acceptors (Lipinski definition) is 4. The molecule has 0 N–H and O–H groups in total. The first kappa shape index (κ1) is 22.9. The van der Waals surface area contributed by atoms with E-state index in [-0.39, 0.29) is 21.9 Å². The minimum Gasteiger partial charge on any atom is -0.331 e. The molecule has 0 aliphatic rings. The van der Waals surface area contributed by atoms with E-state index in [4.69, 9.17) is 11.6 Å². The van der Waals surface area contributed by atoms with E-state index >= 15 is 0 Å². The van der Waals surface area contributed by atoms with Crippen molar-refractivity contribution in [1.29, 1.82) is 0 Å². The highest BCUT2D eigenvalue weighted by Gasteiger charge is 2.27. The monoisotopic (exact) mass is 442 g/mol. The second-order valence-corrected chi connectivity index (χ2v) is 10.5. The molecule has 154 valence electrons. The topological polar surface area (TPSA) is 57.7 Å². The van der Waals surface area contributed by atoms with Crippen molar-refractivity contribution in [3.05, 3.63) is 50.7 Å². The fraction of sp³-hybridized carbons (Fsp3) is 0.450. The second-order valence-electron chi connectivity index (χ2n) is 6.77. The molecule has 5 nitrogen and oxygen atoms in total. The van der Waals surface area contributed by atoms with Crippen molar-refractivity contribution in [1.82, 2.24) is 9.21 Å². The number of carbonyl (C=O) groups excluding carboxylic acids is 1. The second kappa shape index (κ2) is 9.39. The smallest absolute Gasteiger partial charge is 0.254 e. The molecule has 0 atom stereocenters. The first-order valence-corrected chi connectivity index (χ1v) is 11.9. The van der Waals surface area contributed by atoms with Crippen molar-refractivity contribution in [3.8, 4) is 0 Å². The number of hydrogen-bond donors (Lipinski definition) is 0. The number of benzene rings is 1. The third kappa shape index (κ3) is 4.95. The fourth-order valence-corrected chi connectivity index (χ4v) is 5.78. The van der Waals surface area contributed by atoms with Crippen molar-refractivity contribution in [3.63, 3.8) is 0 Å². The Bertz CT molecular complexity index is 935. The van der Waals surface area contributed by atoms with Crippen LogP contribution >= 0.6 is 22.9 Å². The molecule has 2 aromatic rings. The van der Waals surface area contributed by atoms with Gasteiger partial charge in [-0.25, -0.2) is 8.42 Å². The van der Waals surface area contributed by atoms with Crippen LogP contribution < -0.4 is 0 Å². The molecule has 0 fully saturated rings. The van der Waals surface area contributed by atoms with Gasteiger partial charge in [-0.15, -0.1) is 11.3 Å². The van der Waals surface area contributed by atoms with Crippen LogP contribution in [0.1, 0.15) is 47.8 Å². The molecule has 0 aliphatic heterocycles. The normalized spacial score (nSPS) is 12.0. The van der Waals surface area contributed by atoms with E-state index in [1.165, 1.54) is 21.3 Å². The minimum atomic E-state index is -3.76. The van der Waals surface area contributed by atoms with Gasteiger partial charge < -0.3 is 4.90 Å². The summed E-state index contributed by atoms with van der Waals surface area (Å²) >= 11 is 7.84. The largest absolute Gasteiger partial charge is 0.331 e. The Morgan fingerprint density at radius 2 is 1.79 bits per heavy atom. The summed E-state index contributed by atoms with van der Waals surface area (Å²) in [5, 5.41) is 0.119. The highest BCUT2D eigenvalue weighted by molar-refractivity contribution is 7.89. The Hall–Kier alpha value is -1.41. The zero-order chi connectivity index (χ0) is 21.1. The molecular formula is C20H27ClN2O3S2. The van der Waals surface area contributed by atoms with Crippen LogP contribution in [-0.4, -0.2) is 42.7 Å². The molecule has 1 heterocycles. The number of sulfonamides is 1. The summed E-state index contributed by atoms with van der Waals surface area (Å²) < 4.78 is 27.1. The average molecular weight is 443 g/mol. The molecule has 0 spiro atoms. The SMILES string of the molecule is CCN(CC)S(=O)(=O)c1cc(C(=O)N(Cc2ccc(C)s2)C(C)C)ccc1Cl. The first-order valence-electron chi connectivity index (χ1n) is 9.27. The van der Waals surface area contributed by atoms with E-state index < -0.39 is 10.0 Å². The van der Waals surface area contributed by atoms with E-state index in [9.17, 15) is 13.2 Å². The number of halogens is 1. The van der Waals surface area contributed by atoms with Crippen molar-refractivity contribution in [2.75, 3.05) is 13.1 Å². The Kier molecular flexibility index (Phi) is 7.67. The van der Waals surface area contributed by atoms with Crippen molar-refractivity contribution in [2.24, 2.45) is 0 Å². The lowest BCUT2D eigenvalue weighted by Gasteiger charge is -2.27. The third-order valence-corrected chi connectivity index (χ3v) is 8.02. The fourth-order valence-electron chi connectivity index (χ4n) is 2.93. The van der Waals surface area contributed by atoms with E-state index in [1.54, 1.807) is 36.2 Å². The molecule has 0 bridgehead atoms. The van der Waals surface area contributed by atoms with Gasteiger partial charge in [-0.3, -0.25) is 4.79 Å². The van der Waals surface area contributed by atoms with E-state index in [1.807, 2.05) is 32.9 Å². The van der Waals surface area contributed by atoms with Gasteiger partial charge in [0.05, 0.1) is 11.6 Å². The van der Waals surface area contributed by atoms with Gasteiger partial charge in [-0.2, -0.15) is 4.31 Å². The third-order valence-electron chi connectivity index (χ3n) is 4.51. The summed E-state index contributed by atoms with van der Waals surface area (Å²) in [6.07, 6.45) is 0. The molecule has 0 radical (unpaired) electrons. The lowest BCUT2D eigenvalue weighted by atomic mass is 10.1. The van der Waals surface area contributed by atoms with E-state index in [0.717, 1.165) is 4.88 Å². The lowest BCUT2D eigenvalue weighted by Crippen LogP contribution is -2.36. The van der Waals surface area contributed by atoms with Gasteiger partial charge in [0.1, 0.15) is 4.90 Å². The predicted molar refractivity (Wildman–Crippen MR) is 116 cm³/mol. The Labute approximate surface area is 177 Å². The molecule has 0 unspecified atom stereocenters. The summed E-state index contributed by atoms with van der Waals surface area (Å²) in [5.41, 5.74) is 0.317. The first-order chi connectivity index (χ1) is 13.1. The lowest BCUT2D eigenvalue weighted by molar-refractivity contribution is 0.0692. The number of amides is 1. The van der Waals surface area contributed by atoms with Gasteiger partial charge in [-0.1, -0.05) is 25.4 Å². The van der Waals surface area contributed by atoms with Gasteiger partial charge in [0.25, 0.3) is 5.91 Å². The van der Waals surface area contributed by atoms with E-state index in [2.05, 4.69) is 0 Å². The summed E-state index contributed by atoms with van der Waals surface area (Å²) in [4.78, 5) is 17.2. The molecule has 1 aromatic carbocycles. The zero-order valence-corrected chi connectivity index (χ0v) is 19.3. The number of thiophene rings is 1. The molecule has 8 heteroatoms. The summed E-state index contributed by atoms with van der Waals surface area (Å²) in [5.74, 6) is -0.214. The van der Waals surface area contributed by atoms with Crippen LogP contribution in [0.4, 0.5) is 0 Å². The van der Waals surface area contributed by atoms with Gasteiger partial charge in [0, 0.05) is 34.4 Å². The van der Waals surface area contributed by atoms with Crippen LogP contribution in [0.25, 0.3) is 0 Å². The van der Waals surface area contributed by atoms with Crippen molar-refractivity contribution in [2.45, 2.75) is 52.1 Å². The Morgan fingerprint density at radius 1 is 1.14 bits per heavy atom. The van der Waals surface area contributed by atoms with Gasteiger partial charge in [-0.05, 0) is 51.1 Å². The van der Waals surface area contributed by atoms with Crippen LogP contribution in [0, 0.1) is 6.92 Å². The van der Waals surface area contributed by atoms with Gasteiger partial charge in [0.15, 0.2) is 0 Å². The van der Waals surface area contributed by atoms with Crippen molar-refractivity contribution >= 4 is 38.9 Å². The summed E-state index contributed by atoms with van der Waals surface area (Å²) in [6, 6.07) is 8.47. The van der Waals surface area contributed by atoms with Crippen LogP contribution in [-0.2, 0) is 16.6 Å². The number of rotatable bonds is 8. The van der Waals surface area contributed by atoms with E-state index in [0.29, 0.717) is 25.2 Å². The molecule has 1 amide bonds. The van der Waals surface area contributed by atoms with Gasteiger partial charge in [0.2, 0.25) is 10.0 Å². The molecule has 0 saturated heterocycles. The van der Waals surface area contributed by atoms with Gasteiger partial charge >= 0.3 is 0 Å². The number of nitrogens with zero attached hydrogens (tertiary/aromatic N) is 2. The average Bonchev–Trinajstić information content (AvgIpc) is 3.05. The molecule has 28 heavy (non-hydrogen) atoms. The maximum atomic E-state index is 13.2. The molecule has 0 aliphatic carbocycles. The van der Waals surface area contributed by atoms with Crippen LogP contribution in [0.3, 0.4) is 0 Å². The standard InChI is InChI=1S/C20H27ClN2O3S2/c1-6-22(7-2)28(25,26)19-12-16(9-11-18(19)21)20(24)23(14(3)4)13-17-10-8-15(5)27-17/h8-12,14H,6-7,13H2,1-5H3. The predicted octanol–water partition coefficient (Wildman–Crippen LogP) is 4.79. The maximum Gasteiger partial charge on any atom is 0.254 e.